The summed E-state index contributed by atoms with van der Waals surface area (Å²) >= 11 is 0. The van der Waals surface area contributed by atoms with Gasteiger partial charge in [-0.25, -0.2) is 0 Å². The maximum absolute atomic E-state index is 6.90. The lowest BCUT2D eigenvalue weighted by atomic mass is 9.87. The van der Waals surface area contributed by atoms with E-state index in [2.05, 4.69) is 53.7 Å². The fourth-order valence-corrected chi connectivity index (χ4v) is 8.89. The number of hydrogen-bond donors (Lipinski definition) is 0. The van der Waals surface area contributed by atoms with Crippen molar-refractivity contribution in [3.63, 3.8) is 0 Å². The van der Waals surface area contributed by atoms with E-state index in [1.165, 1.54) is 0 Å². The molecule has 0 fully saturated rings. The molecule has 0 N–H and O–H groups in total. The third-order valence-electron chi connectivity index (χ3n) is 9.37. The zero-order valence-electron chi connectivity index (χ0n) is 28.7. The molecule has 0 aliphatic carbocycles. The molecule has 0 unspecified atom stereocenters. The van der Waals surface area contributed by atoms with Gasteiger partial charge in [-0.1, -0.05) is 84.9 Å². The summed E-state index contributed by atoms with van der Waals surface area (Å²) in [5, 5.41) is 3.85. The van der Waals surface area contributed by atoms with Crippen molar-refractivity contribution in [2.24, 2.45) is 0 Å². The van der Waals surface area contributed by atoms with Crippen molar-refractivity contribution in [3.05, 3.63) is 143 Å². The largest absolute Gasteiger partial charge is 0.453 e. The predicted molar refractivity (Wildman–Crippen MR) is 205 cm³/mol. The first-order chi connectivity index (χ1) is 24.3. The quantitative estimate of drug-likeness (QED) is 0.178. The molecule has 0 saturated heterocycles. The summed E-state index contributed by atoms with van der Waals surface area (Å²) in [4.78, 5) is 0. The van der Waals surface area contributed by atoms with Crippen molar-refractivity contribution in [3.8, 4) is 22.6 Å². The molecule has 8 rings (SSSR count). The normalized spacial score (nSPS) is 11.4. The van der Waals surface area contributed by atoms with Gasteiger partial charge in [0.05, 0.1) is 0 Å². The summed E-state index contributed by atoms with van der Waals surface area (Å²) in [5.74, 6) is 1.36. The first-order valence-electron chi connectivity index (χ1n) is 16.5. The zero-order valence-corrected chi connectivity index (χ0v) is 30.5. The van der Waals surface area contributed by atoms with Gasteiger partial charge in [0.25, 0.3) is 0 Å². The minimum Gasteiger partial charge on any atom is -0.390 e. The van der Waals surface area contributed by atoms with E-state index in [9.17, 15) is 0 Å². The molecule has 0 spiro atoms. The zero-order chi connectivity index (χ0) is 34.5. The van der Waals surface area contributed by atoms with E-state index in [0.29, 0.717) is 33.8 Å². The van der Waals surface area contributed by atoms with Crippen molar-refractivity contribution in [2.45, 2.75) is 41.5 Å². The maximum Gasteiger partial charge on any atom is 0.453 e. The average molecular weight is 699 g/mol. The molecule has 2 heterocycles. The lowest BCUT2D eigenvalue weighted by Gasteiger charge is -2.22. The molecule has 8 aromatic rings. The van der Waals surface area contributed by atoms with Gasteiger partial charge in [-0.05, 0) is 99.2 Å². The van der Waals surface area contributed by atoms with Crippen LogP contribution in [0.4, 0.5) is 0 Å². The molecular formula is C42H36O6P2. The molecule has 50 heavy (non-hydrogen) atoms. The van der Waals surface area contributed by atoms with Crippen LogP contribution in [0.5, 0.6) is 11.5 Å². The predicted octanol–water partition coefficient (Wildman–Crippen LogP) is 14.1. The lowest BCUT2D eigenvalue weighted by Crippen LogP contribution is -2.01. The Morgan fingerprint density at radius 1 is 0.380 bits per heavy atom. The molecule has 0 bridgehead atoms. The number of rotatable bonds is 5. The Kier molecular flexibility index (Phi) is 8.23. The van der Waals surface area contributed by atoms with E-state index in [-0.39, 0.29) is 0 Å². The average Bonchev–Trinajstić information content (AvgIpc) is 3.38. The highest BCUT2D eigenvalue weighted by molar-refractivity contribution is 7.32. The molecule has 0 atom stereocenters. The molecule has 8 heteroatoms. The number of aryl methyl sites for hydroxylation is 4. The molecule has 0 saturated carbocycles. The molecule has 6 aromatic carbocycles. The minimum atomic E-state index is -1.89. The highest BCUT2D eigenvalue weighted by atomic mass is 31.1. The fraction of sp³-hybridized carbons (Fsp3) is 0.143. The number of fused-ring (bicyclic) bond motifs is 6. The topological polar surface area (TPSA) is 71.0 Å². The van der Waals surface area contributed by atoms with Gasteiger partial charge < -0.3 is 25.8 Å². The Morgan fingerprint density at radius 2 is 0.660 bits per heavy atom. The van der Waals surface area contributed by atoms with Gasteiger partial charge in [-0.15, -0.1) is 0 Å². The SMILES string of the molecule is Cc1cc(C)c(Op2oc3ccccc3c3ccccc3o2)c(-c2c(C)c(C)cc(C)c2Op2oc3ccccc3c3ccccc3o2)c1C. The van der Waals surface area contributed by atoms with Gasteiger partial charge in [0, 0.05) is 32.7 Å². The van der Waals surface area contributed by atoms with Crippen LogP contribution in [0, 0.1) is 41.5 Å². The molecular weight excluding hydrogens is 662 g/mol. The van der Waals surface area contributed by atoms with Crippen LogP contribution in [0.3, 0.4) is 0 Å². The summed E-state index contributed by atoms with van der Waals surface area (Å²) in [6, 6.07) is 36.2. The van der Waals surface area contributed by atoms with E-state index in [1.54, 1.807) is 0 Å². The van der Waals surface area contributed by atoms with Crippen molar-refractivity contribution in [2.75, 3.05) is 0 Å². The fourth-order valence-electron chi connectivity index (χ4n) is 6.62. The van der Waals surface area contributed by atoms with Gasteiger partial charge >= 0.3 is 16.5 Å². The first kappa shape index (κ1) is 32.0. The minimum absolute atomic E-state index is 0.681. The van der Waals surface area contributed by atoms with Crippen LogP contribution in [0.15, 0.2) is 126 Å². The lowest BCUT2D eigenvalue weighted by molar-refractivity contribution is 0.491. The molecule has 250 valence electrons. The van der Waals surface area contributed by atoms with Crippen LogP contribution in [0.2, 0.25) is 0 Å². The van der Waals surface area contributed by atoms with Gasteiger partial charge in [-0.2, -0.15) is 0 Å². The van der Waals surface area contributed by atoms with E-state index in [1.807, 2.05) is 97.1 Å². The van der Waals surface area contributed by atoms with Crippen molar-refractivity contribution < 1.29 is 25.8 Å². The van der Waals surface area contributed by atoms with Gasteiger partial charge in [0.15, 0.2) is 0 Å². The second-order valence-electron chi connectivity index (χ2n) is 12.7. The van der Waals surface area contributed by atoms with Gasteiger partial charge in [0.1, 0.15) is 33.8 Å². The summed E-state index contributed by atoms with van der Waals surface area (Å²) in [5.41, 5.74) is 11.0. The van der Waals surface area contributed by atoms with Gasteiger partial charge in [0.2, 0.25) is 0 Å². The summed E-state index contributed by atoms with van der Waals surface area (Å²) in [6.07, 6.45) is 0. The second kappa shape index (κ2) is 12.9. The highest BCUT2D eigenvalue weighted by Gasteiger charge is 2.26. The summed E-state index contributed by atoms with van der Waals surface area (Å²) < 4.78 is 39.9. The number of benzene rings is 6. The Hall–Kier alpha value is -5.28. The third-order valence-corrected chi connectivity index (χ3v) is 11.4. The molecule has 0 radical (unpaired) electrons. The molecule has 0 amide bonds. The summed E-state index contributed by atoms with van der Waals surface area (Å²) in [7, 11) is -3.78. The Bertz CT molecular complexity index is 2390. The third kappa shape index (κ3) is 5.65. The van der Waals surface area contributed by atoms with Crippen LogP contribution in [-0.4, -0.2) is 0 Å². The van der Waals surface area contributed by atoms with E-state index >= 15 is 0 Å². The first-order valence-corrected chi connectivity index (χ1v) is 18.7. The van der Waals surface area contributed by atoms with Crippen molar-refractivity contribution in [1.29, 1.82) is 0 Å². The number of para-hydroxylation sites is 4. The number of hydrogen-bond acceptors (Lipinski definition) is 6. The Morgan fingerprint density at radius 3 is 0.960 bits per heavy atom. The molecule has 0 aliphatic rings. The second-order valence-corrected chi connectivity index (χ2v) is 14.6. The van der Waals surface area contributed by atoms with Crippen LogP contribution in [-0.2, 0) is 0 Å². The van der Waals surface area contributed by atoms with Crippen molar-refractivity contribution in [1.82, 2.24) is 0 Å². The molecule has 2 aromatic heterocycles. The van der Waals surface area contributed by atoms with E-state index < -0.39 is 16.5 Å². The molecule has 0 aliphatic heterocycles. The van der Waals surface area contributed by atoms with E-state index in [4.69, 9.17) is 25.8 Å². The smallest absolute Gasteiger partial charge is 0.390 e. The van der Waals surface area contributed by atoms with Crippen LogP contribution in [0.25, 0.3) is 55.0 Å². The monoisotopic (exact) mass is 698 g/mol. The Labute approximate surface area is 292 Å². The van der Waals surface area contributed by atoms with E-state index in [0.717, 1.165) is 66.1 Å². The van der Waals surface area contributed by atoms with Crippen LogP contribution >= 0.6 is 16.5 Å². The molecule has 6 nitrogen and oxygen atoms in total. The summed E-state index contributed by atoms with van der Waals surface area (Å²) in [6.45, 7) is 12.6. The van der Waals surface area contributed by atoms with Gasteiger partial charge in [-0.3, -0.25) is 0 Å². The Balaban J connectivity index is 1.37. The standard InChI is InChI=1S/C42H36O6P2/c1-25-23-27(3)41(47-49-43-35-19-11-7-15-31(35)32-16-8-12-20-36(32)44-49)39(29(25)5)40-30(6)26(2)24-28(4)42(40)48-50-45-37-21-13-9-17-33(37)34-18-10-14-22-38(34)46-50/h7-24H,1-6H3. The van der Waals surface area contributed by atoms with Crippen LogP contribution in [0.1, 0.15) is 33.4 Å². The highest BCUT2D eigenvalue weighted by Crippen LogP contribution is 2.51. The van der Waals surface area contributed by atoms with Crippen molar-refractivity contribution >= 4 is 60.4 Å². The maximum atomic E-state index is 6.90. The van der Waals surface area contributed by atoms with Crippen LogP contribution < -0.4 is 9.05 Å².